The molecule has 2 aromatic rings. The second kappa shape index (κ2) is 8.12. The average Bonchev–Trinajstić information content (AvgIpc) is 3.32. The molecule has 1 atom stereocenters. The summed E-state index contributed by atoms with van der Waals surface area (Å²) in [4.78, 5) is 28.1. The normalized spacial score (nSPS) is 16.8. The number of halogens is 1. The van der Waals surface area contributed by atoms with E-state index in [-0.39, 0.29) is 23.2 Å². The number of benzene rings is 1. The number of fused-ring (bicyclic) bond motifs is 1. The molecule has 1 saturated heterocycles. The predicted octanol–water partition coefficient (Wildman–Crippen LogP) is 3.43. The van der Waals surface area contributed by atoms with Crippen molar-refractivity contribution in [2.75, 3.05) is 32.1 Å². The van der Waals surface area contributed by atoms with Crippen molar-refractivity contribution in [3.63, 3.8) is 0 Å². The molecule has 30 heavy (non-hydrogen) atoms. The summed E-state index contributed by atoms with van der Waals surface area (Å²) < 4.78 is 26.8. The molecule has 1 fully saturated rings. The van der Waals surface area contributed by atoms with Crippen molar-refractivity contribution in [1.82, 2.24) is 14.7 Å². The van der Waals surface area contributed by atoms with Crippen molar-refractivity contribution in [1.29, 1.82) is 0 Å². The minimum absolute atomic E-state index is 0.0699. The third kappa shape index (κ3) is 4.20. The monoisotopic (exact) mass is 420 g/mol. The van der Waals surface area contributed by atoms with Gasteiger partial charge in [-0.3, -0.25) is 4.68 Å². The zero-order valence-corrected chi connectivity index (χ0v) is 18.4. The van der Waals surface area contributed by atoms with Gasteiger partial charge in [0.2, 0.25) is 0 Å². The van der Waals surface area contributed by atoms with Crippen LogP contribution in [0.1, 0.15) is 44.5 Å². The van der Waals surface area contributed by atoms with Crippen molar-refractivity contribution in [3.8, 4) is 0 Å². The molecule has 1 aliphatic rings. The lowest BCUT2D eigenvalue weighted by molar-refractivity contribution is 0.0237. The number of methoxy groups -OCH3 is 1. The molecule has 2 heterocycles. The standard InChI is InChI=1S/C21H29FN4O4/c1-7-26-12-14-16(10-15(22)17(18(14)23-26)19(27)29-6)25-9-8-13(11-25)24(5)20(28)30-21(2,3)4/h10,12-13H,7-9,11H2,1-6H3/t13-/m1/s1. The molecule has 0 unspecified atom stereocenters. The van der Waals surface area contributed by atoms with Gasteiger partial charge in [-0.15, -0.1) is 0 Å². The highest BCUT2D eigenvalue weighted by atomic mass is 19.1. The van der Waals surface area contributed by atoms with E-state index in [2.05, 4.69) is 5.10 Å². The van der Waals surface area contributed by atoms with Gasteiger partial charge in [0, 0.05) is 38.3 Å². The van der Waals surface area contributed by atoms with E-state index in [1.807, 2.05) is 32.6 Å². The van der Waals surface area contributed by atoms with E-state index in [0.29, 0.717) is 30.7 Å². The molecule has 0 spiro atoms. The maximum atomic E-state index is 14.9. The Labute approximate surface area is 175 Å². The minimum Gasteiger partial charge on any atom is -0.465 e. The van der Waals surface area contributed by atoms with Crippen LogP contribution in [-0.4, -0.2) is 65.6 Å². The van der Waals surface area contributed by atoms with Crippen LogP contribution in [0.3, 0.4) is 0 Å². The van der Waals surface area contributed by atoms with Crippen LogP contribution in [0.5, 0.6) is 0 Å². The molecule has 1 aromatic carbocycles. The number of aromatic nitrogens is 2. The fourth-order valence-electron chi connectivity index (χ4n) is 3.66. The van der Waals surface area contributed by atoms with Gasteiger partial charge in [-0.2, -0.15) is 5.10 Å². The molecule has 0 N–H and O–H groups in total. The van der Waals surface area contributed by atoms with Crippen LogP contribution in [0.25, 0.3) is 10.9 Å². The Hall–Kier alpha value is -2.84. The summed E-state index contributed by atoms with van der Waals surface area (Å²) in [6, 6.07) is 1.28. The van der Waals surface area contributed by atoms with Crippen LogP contribution in [0.4, 0.5) is 14.9 Å². The van der Waals surface area contributed by atoms with Crippen LogP contribution in [0.2, 0.25) is 0 Å². The fourth-order valence-corrected chi connectivity index (χ4v) is 3.66. The summed E-state index contributed by atoms with van der Waals surface area (Å²) in [6.07, 6.45) is 2.14. The maximum absolute atomic E-state index is 14.9. The van der Waals surface area contributed by atoms with Crippen LogP contribution < -0.4 is 4.90 Å². The molecule has 9 heteroatoms. The number of nitrogens with zero attached hydrogens (tertiary/aromatic N) is 4. The van der Waals surface area contributed by atoms with Crippen LogP contribution in [-0.2, 0) is 16.0 Å². The number of esters is 1. The number of anilines is 1. The lowest BCUT2D eigenvalue weighted by Gasteiger charge is -2.29. The number of rotatable bonds is 4. The van der Waals surface area contributed by atoms with Crippen molar-refractivity contribution >= 4 is 28.7 Å². The van der Waals surface area contributed by atoms with Crippen LogP contribution in [0, 0.1) is 5.82 Å². The molecule has 0 aliphatic carbocycles. The highest BCUT2D eigenvalue weighted by Crippen LogP contribution is 2.34. The third-order valence-corrected chi connectivity index (χ3v) is 5.22. The summed E-state index contributed by atoms with van der Waals surface area (Å²) in [5.41, 5.74) is 0.194. The molecule has 1 amide bonds. The highest BCUT2D eigenvalue weighted by molar-refractivity contribution is 6.07. The first kappa shape index (κ1) is 21.9. The zero-order valence-electron chi connectivity index (χ0n) is 18.4. The van der Waals surface area contributed by atoms with E-state index >= 15 is 0 Å². The lowest BCUT2D eigenvalue weighted by atomic mass is 10.1. The smallest absolute Gasteiger partial charge is 0.410 e. The molecular weight excluding hydrogens is 391 g/mol. The molecule has 3 rings (SSSR count). The Morgan fingerprint density at radius 2 is 2.07 bits per heavy atom. The van der Waals surface area contributed by atoms with E-state index < -0.39 is 17.4 Å². The SMILES string of the molecule is CCn1cc2c(N3CC[C@@H](N(C)C(=O)OC(C)(C)C)C3)cc(F)c(C(=O)OC)c2n1. The van der Waals surface area contributed by atoms with Crippen LogP contribution >= 0.6 is 0 Å². The average molecular weight is 420 g/mol. The molecule has 0 radical (unpaired) electrons. The number of carbonyl (C=O) groups excluding carboxylic acids is 2. The first-order valence-corrected chi connectivity index (χ1v) is 10.0. The van der Waals surface area contributed by atoms with Gasteiger partial charge in [0.25, 0.3) is 0 Å². The van der Waals surface area contributed by atoms with Gasteiger partial charge in [0.05, 0.1) is 18.8 Å². The fraction of sp³-hybridized carbons (Fsp3) is 0.571. The number of hydrogen-bond acceptors (Lipinski definition) is 6. The second-order valence-corrected chi connectivity index (χ2v) is 8.47. The Morgan fingerprint density at radius 3 is 2.67 bits per heavy atom. The largest absolute Gasteiger partial charge is 0.465 e. The van der Waals surface area contributed by atoms with E-state index in [1.54, 1.807) is 22.8 Å². The molecular formula is C21H29FN4O4. The third-order valence-electron chi connectivity index (χ3n) is 5.22. The predicted molar refractivity (Wildman–Crippen MR) is 111 cm³/mol. The minimum atomic E-state index is -0.755. The summed E-state index contributed by atoms with van der Waals surface area (Å²) >= 11 is 0. The quantitative estimate of drug-likeness (QED) is 0.706. The highest BCUT2D eigenvalue weighted by Gasteiger charge is 2.33. The van der Waals surface area contributed by atoms with E-state index in [4.69, 9.17) is 9.47 Å². The second-order valence-electron chi connectivity index (χ2n) is 8.47. The Balaban J connectivity index is 1.92. The number of amides is 1. The molecule has 0 bridgehead atoms. The summed E-state index contributed by atoms with van der Waals surface area (Å²) in [7, 11) is 2.93. The molecule has 1 aliphatic heterocycles. The first-order chi connectivity index (χ1) is 14.1. The molecule has 0 saturated carbocycles. The lowest BCUT2D eigenvalue weighted by Crippen LogP contribution is -2.42. The molecule has 1 aromatic heterocycles. The molecule has 8 nitrogen and oxygen atoms in total. The summed E-state index contributed by atoms with van der Waals surface area (Å²) in [6.45, 7) is 9.15. The maximum Gasteiger partial charge on any atom is 0.410 e. The number of ether oxygens (including phenoxy) is 2. The van der Waals surface area contributed by atoms with Gasteiger partial charge in [0.15, 0.2) is 0 Å². The van der Waals surface area contributed by atoms with Gasteiger partial charge in [-0.1, -0.05) is 0 Å². The zero-order chi connectivity index (χ0) is 22.2. The number of carbonyl (C=O) groups is 2. The van der Waals surface area contributed by atoms with Crippen molar-refractivity contribution in [2.24, 2.45) is 0 Å². The van der Waals surface area contributed by atoms with Gasteiger partial charge < -0.3 is 19.3 Å². The Morgan fingerprint density at radius 1 is 1.37 bits per heavy atom. The van der Waals surface area contributed by atoms with Crippen LogP contribution in [0.15, 0.2) is 12.3 Å². The van der Waals surface area contributed by atoms with Gasteiger partial charge in [0.1, 0.15) is 22.5 Å². The first-order valence-electron chi connectivity index (χ1n) is 10.0. The number of hydrogen-bond donors (Lipinski definition) is 0. The van der Waals surface area contributed by atoms with Crippen molar-refractivity contribution in [2.45, 2.75) is 52.3 Å². The van der Waals surface area contributed by atoms with Crippen molar-refractivity contribution < 1.29 is 23.5 Å². The summed E-state index contributed by atoms with van der Waals surface area (Å²) in [5.74, 6) is -1.43. The topological polar surface area (TPSA) is 76.9 Å². The van der Waals surface area contributed by atoms with Gasteiger partial charge >= 0.3 is 12.1 Å². The number of aryl methyl sites for hydroxylation is 1. The van der Waals surface area contributed by atoms with Gasteiger partial charge in [-0.25, -0.2) is 14.0 Å². The Kier molecular flexibility index (Phi) is 5.92. The number of likely N-dealkylation sites (N-methyl/N-ethyl adjacent to an activating group) is 1. The summed E-state index contributed by atoms with van der Waals surface area (Å²) in [5, 5.41) is 5.06. The van der Waals surface area contributed by atoms with Crippen molar-refractivity contribution in [3.05, 3.63) is 23.6 Å². The molecule has 164 valence electrons. The van der Waals surface area contributed by atoms with E-state index in [9.17, 15) is 14.0 Å². The van der Waals surface area contributed by atoms with E-state index in [0.717, 1.165) is 6.42 Å². The van der Waals surface area contributed by atoms with Gasteiger partial charge in [-0.05, 0) is 40.2 Å². The Bertz CT molecular complexity index is 966. The van der Waals surface area contributed by atoms with E-state index in [1.165, 1.54) is 13.2 Å².